The first-order chi connectivity index (χ1) is 14.8. The van der Waals surface area contributed by atoms with Gasteiger partial charge in [0.2, 0.25) is 10.0 Å². The summed E-state index contributed by atoms with van der Waals surface area (Å²) in [5.74, 6) is -0.529. The molecule has 1 aliphatic rings. The van der Waals surface area contributed by atoms with Crippen LogP contribution in [0.25, 0.3) is 6.08 Å². The summed E-state index contributed by atoms with van der Waals surface area (Å²) in [4.78, 5) is 12.7. The Kier molecular flexibility index (Phi) is 6.95. The molecule has 0 aliphatic carbocycles. The second-order valence-corrected chi connectivity index (χ2v) is 8.99. The number of rotatable bonds is 6. The zero-order chi connectivity index (χ0) is 22.4. The van der Waals surface area contributed by atoms with E-state index in [1.807, 2.05) is 6.07 Å². The number of benzene rings is 2. The van der Waals surface area contributed by atoms with E-state index in [1.165, 1.54) is 47.8 Å². The number of nitriles is 1. The third-order valence-electron chi connectivity index (χ3n) is 4.92. The van der Waals surface area contributed by atoms with E-state index in [0.717, 1.165) is 19.3 Å². The molecule has 2 aromatic rings. The van der Waals surface area contributed by atoms with Crippen molar-refractivity contribution in [2.24, 2.45) is 0 Å². The van der Waals surface area contributed by atoms with Gasteiger partial charge in [0.25, 0.3) is 5.91 Å². The standard InChI is InChI=1S/C22H23N3O5S/c1-30-21-13-16(8-9-20(21)26)12-17(15-23)22(27)24-18-6-5-7-19(14-18)31(28,29)25-10-3-2-4-11-25/h5-9,12-14,26H,2-4,10-11H2,1H3,(H,24,27)/b17-12+. The fourth-order valence-corrected chi connectivity index (χ4v) is 4.85. The molecule has 0 aromatic heterocycles. The lowest BCUT2D eigenvalue weighted by atomic mass is 10.1. The van der Waals surface area contributed by atoms with Crippen LogP contribution < -0.4 is 10.1 Å². The SMILES string of the molecule is COc1cc(/C=C(\C#N)C(=O)Nc2cccc(S(=O)(=O)N3CCCCC3)c2)ccc1O. The molecule has 162 valence electrons. The average molecular weight is 442 g/mol. The molecule has 0 bridgehead atoms. The quantitative estimate of drug-likeness (QED) is 0.525. The van der Waals surface area contributed by atoms with E-state index in [9.17, 15) is 23.6 Å². The lowest BCUT2D eigenvalue weighted by Crippen LogP contribution is -2.35. The number of methoxy groups -OCH3 is 1. The van der Waals surface area contributed by atoms with Crippen molar-refractivity contribution in [2.75, 3.05) is 25.5 Å². The van der Waals surface area contributed by atoms with Gasteiger partial charge in [0.15, 0.2) is 11.5 Å². The van der Waals surface area contributed by atoms with Crippen LogP contribution in [0.3, 0.4) is 0 Å². The van der Waals surface area contributed by atoms with Gasteiger partial charge in [-0.15, -0.1) is 0 Å². The maximum atomic E-state index is 12.9. The van der Waals surface area contributed by atoms with Crippen molar-refractivity contribution in [1.82, 2.24) is 4.31 Å². The molecule has 1 amide bonds. The van der Waals surface area contributed by atoms with Crippen LogP contribution in [0.2, 0.25) is 0 Å². The van der Waals surface area contributed by atoms with E-state index < -0.39 is 15.9 Å². The predicted octanol–water partition coefficient (Wildman–Crippen LogP) is 3.12. The first-order valence-corrected chi connectivity index (χ1v) is 11.2. The minimum absolute atomic E-state index is 0.0608. The van der Waals surface area contributed by atoms with E-state index >= 15 is 0 Å². The number of aromatic hydroxyl groups is 1. The highest BCUT2D eigenvalue weighted by molar-refractivity contribution is 7.89. The van der Waals surface area contributed by atoms with Crippen LogP contribution in [0.4, 0.5) is 5.69 Å². The summed E-state index contributed by atoms with van der Waals surface area (Å²) < 4.78 is 32.2. The highest BCUT2D eigenvalue weighted by Gasteiger charge is 2.26. The molecule has 1 fully saturated rings. The minimum atomic E-state index is -3.64. The number of carbonyl (C=O) groups excluding carboxylic acids is 1. The summed E-state index contributed by atoms with van der Waals surface area (Å²) >= 11 is 0. The largest absolute Gasteiger partial charge is 0.504 e. The fraction of sp³-hybridized carbons (Fsp3) is 0.273. The Balaban J connectivity index is 1.81. The summed E-state index contributed by atoms with van der Waals surface area (Å²) in [5, 5.41) is 21.7. The molecule has 1 heterocycles. The molecule has 0 radical (unpaired) electrons. The molecule has 0 atom stereocenters. The Morgan fingerprint density at radius 1 is 1.19 bits per heavy atom. The topological polar surface area (TPSA) is 120 Å². The van der Waals surface area contributed by atoms with Crippen molar-refractivity contribution >= 4 is 27.7 Å². The Hall–Kier alpha value is -3.35. The first kappa shape index (κ1) is 22.3. The third-order valence-corrected chi connectivity index (χ3v) is 6.82. The highest BCUT2D eigenvalue weighted by atomic mass is 32.2. The van der Waals surface area contributed by atoms with Gasteiger partial charge in [-0.3, -0.25) is 4.79 Å². The van der Waals surface area contributed by atoms with Crippen molar-refractivity contribution in [3.05, 3.63) is 53.6 Å². The zero-order valence-corrected chi connectivity index (χ0v) is 17.9. The molecule has 0 unspecified atom stereocenters. The van der Waals surface area contributed by atoms with Gasteiger partial charge in [0, 0.05) is 18.8 Å². The zero-order valence-electron chi connectivity index (χ0n) is 17.0. The van der Waals surface area contributed by atoms with Crippen LogP contribution in [0, 0.1) is 11.3 Å². The van der Waals surface area contributed by atoms with Gasteiger partial charge in [0.1, 0.15) is 11.6 Å². The smallest absolute Gasteiger partial charge is 0.266 e. The van der Waals surface area contributed by atoms with Crippen LogP contribution in [0.1, 0.15) is 24.8 Å². The monoisotopic (exact) mass is 441 g/mol. The maximum Gasteiger partial charge on any atom is 0.266 e. The number of anilines is 1. The van der Waals surface area contributed by atoms with E-state index in [0.29, 0.717) is 18.7 Å². The maximum absolute atomic E-state index is 12.9. The van der Waals surface area contributed by atoms with Gasteiger partial charge in [0.05, 0.1) is 12.0 Å². The molecule has 9 heteroatoms. The normalized spacial score (nSPS) is 15.2. The van der Waals surface area contributed by atoms with Crippen molar-refractivity contribution < 1.29 is 23.1 Å². The molecular formula is C22H23N3O5S. The molecule has 0 saturated carbocycles. The van der Waals surface area contributed by atoms with Crippen LogP contribution in [-0.4, -0.2) is 43.9 Å². The summed E-state index contributed by atoms with van der Waals surface area (Å²) in [7, 11) is -2.25. The molecule has 3 rings (SSSR count). The number of amides is 1. The summed E-state index contributed by atoms with van der Waals surface area (Å²) in [5.41, 5.74) is 0.576. The number of hydrogen-bond acceptors (Lipinski definition) is 6. The number of carbonyl (C=O) groups is 1. The number of nitrogens with one attached hydrogen (secondary N) is 1. The van der Waals surface area contributed by atoms with Crippen molar-refractivity contribution in [1.29, 1.82) is 5.26 Å². The molecule has 8 nitrogen and oxygen atoms in total. The molecular weight excluding hydrogens is 418 g/mol. The number of nitrogens with zero attached hydrogens (tertiary/aromatic N) is 2. The van der Waals surface area contributed by atoms with Gasteiger partial charge < -0.3 is 15.2 Å². The lowest BCUT2D eigenvalue weighted by molar-refractivity contribution is -0.112. The van der Waals surface area contributed by atoms with E-state index in [4.69, 9.17) is 4.74 Å². The number of phenols is 1. The Morgan fingerprint density at radius 2 is 1.94 bits per heavy atom. The van der Waals surface area contributed by atoms with Crippen LogP contribution >= 0.6 is 0 Å². The predicted molar refractivity (Wildman–Crippen MR) is 116 cm³/mol. The molecule has 0 spiro atoms. The number of phenolic OH excluding ortho intramolecular Hbond substituents is 1. The van der Waals surface area contributed by atoms with Crippen molar-refractivity contribution in [3.8, 4) is 17.6 Å². The van der Waals surface area contributed by atoms with Gasteiger partial charge >= 0.3 is 0 Å². The Bertz CT molecular complexity index is 1150. The summed E-state index contributed by atoms with van der Waals surface area (Å²) in [6.45, 7) is 0.965. The van der Waals surface area contributed by atoms with Crippen molar-refractivity contribution in [2.45, 2.75) is 24.2 Å². The Labute approximate surface area is 181 Å². The second-order valence-electron chi connectivity index (χ2n) is 7.05. The molecule has 2 N–H and O–H groups in total. The van der Waals surface area contributed by atoms with Gasteiger partial charge in [-0.25, -0.2) is 8.42 Å². The van der Waals surface area contributed by atoms with E-state index in [-0.39, 0.29) is 27.7 Å². The lowest BCUT2D eigenvalue weighted by Gasteiger charge is -2.26. The average Bonchev–Trinajstić information content (AvgIpc) is 2.79. The summed E-state index contributed by atoms with van der Waals surface area (Å²) in [6.07, 6.45) is 4.02. The van der Waals surface area contributed by atoms with Gasteiger partial charge in [-0.1, -0.05) is 18.6 Å². The fourth-order valence-electron chi connectivity index (χ4n) is 3.29. The molecule has 2 aromatic carbocycles. The number of piperidine rings is 1. The van der Waals surface area contributed by atoms with Crippen molar-refractivity contribution in [3.63, 3.8) is 0 Å². The van der Waals surface area contributed by atoms with Gasteiger partial charge in [-0.2, -0.15) is 9.57 Å². The van der Waals surface area contributed by atoms with Gasteiger partial charge in [-0.05, 0) is 54.8 Å². The number of ether oxygens (including phenoxy) is 1. The summed E-state index contributed by atoms with van der Waals surface area (Å²) in [6, 6.07) is 12.3. The first-order valence-electron chi connectivity index (χ1n) is 9.75. The molecule has 1 aliphatic heterocycles. The second kappa shape index (κ2) is 9.64. The van der Waals surface area contributed by atoms with E-state index in [1.54, 1.807) is 12.1 Å². The minimum Gasteiger partial charge on any atom is -0.504 e. The number of hydrogen-bond donors (Lipinski definition) is 2. The van der Waals surface area contributed by atoms with E-state index in [2.05, 4.69) is 5.32 Å². The molecule has 31 heavy (non-hydrogen) atoms. The number of sulfonamides is 1. The molecule has 1 saturated heterocycles. The highest BCUT2D eigenvalue weighted by Crippen LogP contribution is 2.27. The Morgan fingerprint density at radius 3 is 2.61 bits per heavy atom. The van der Waals surface area contributed by atoms with Crippen LogP contribution in [0.5, 0.6) is 11.5 Å². The van der Waals surface area contributed by atoms with Crippen LogP contribution in [0.15, 0.2) is 52.9 Å². The third kappa shape index (κ3) is 5.23. The van der Waals surface area contributed by atoms with Crippen LogP contribution in [-0.2, 0) is 14.8 Å².